The van der Waals surface area contributed by atoms with Crippen molar-refractivity contribution < 1.29 is 9.70 Å². The second kappa shape index (κ2) is 2.44. The van der Waals surface area contributed by atoms with Crippen LogP contribution < -0.4 is 10.9 Å². The number of likely N-dealkylation sites (N-methyl/N-ethyl adjacent to an activating group) is 1. The first-order valence-electron chi connectivity index (χ1n) is 2.69. The van der Waals surface area contributed by atoms with Crippen LogP contribution in [0.5, 0.6) is 0 Å². The van der Waals surface area contributed by atoms with Crippen molar-refractivity contribution in [3.63, 3.8) is 0 Å². The Kier molecular flexibility index (Phi) is 2.40. The summed E-state index contributed by atoms with van der Waals surface area (Å²) < 4.78 is 0.269. The van der Waals surface area contributed by atoms with Crippen molar-refractivity contribution in [3.8, 4) is 0 Å². The zero-order valence-corrected chi connectivity index (χ0v) is 5.72. The number of rotatable bonds is 2. The second-order valence-electron chi connectivity index (χ2n) is 2.77. The summed E-state index contributed by atoms with van der Waals surface area (Å²) in [5.74, 6) is 5.47. The maximum atomic E-state index is 10.4. The van der Waals surface area contributed by atoms with Crippen molar-refractivity contribution in [2.75, 3.05) is 20.6 Å². The Labute approximate surface area is 50.3 Å². The minimum absolute atomic E-state index is 0.269. The van der Waals surface area contributed by atoms with Crippen molar-refractivity contribution in [1.29, 1.82) is 0 Å². The van der Waals surface area contributed by atoms with Crippen LogP contribution in [0.4, 0.5) is 0 Å². The summed E-state index contributed by atoms with van der Waals surface area (Å²) in [6.07, 6.45) is -0.560. The molecule has 0 aromatic carbocycles. The van der Waals surface area contributed by atoms with Crippen LogP contribution in [0, 0.1) is 0 Å². The van der Waals surface area contributed by atoms with Gasteiger partial charge in [-0.3, -0.25) is 4.59 Å². The summed E-state index contributed by atoms with van der Waals surface area (Å²) in [7, 11) is 3.60. The van der Waals surface area contributed by atoms with Crippen LogP contribution in [0.25, 0.3) is 0 Å². The monoisotopic (exact) mass is 118 g/mol. The van der Waals surface area contributed by atoms with E-state index >= 15 is 0 Å². The third kappa shape index (κ3) is 5.88. The summed E-state index contributed by atoms with van der Waals surface area (Å²) in [5, 5.41) is 10.4. The molecular weight excluding hydrogens is 104 g/mol. The fraction of sp³-hybridized carbons (Fsp3) is 1.00. The molecule has 0 amide bonds. The standard InChI is InChI=1S/C5H14N2O/c1-5(8)4-7(2,3)6/h5H,4,6H2,1-3H3. The molecular formula is C5H14N2O. The highest BCUT2D eigenvalue weighted by atomic mass is 16.3. The molecule has 0 radical (unpaired) electrons. The summed E-state index contributed by atoms with van der Waals surface area (Å²) in [5.41, 5.74) is 0. The molecule has 0 heterocycles. The summed E-state index contributed by atoms with van der Waals surface area (Å²) in [6.45, 7) is 2.10. The van der Waals surface area contributed by atoms with Gasteiger partial charge in [-0.2, -0.15) is 5.84 Å². The Bertz CT molecular complexity index is 65.3. The smallest absolute Gasteiger partial charge is 0.0853 e. The molecule has 0 aliphatic rings. The average molecular weight is 118 g/mol. The number of hydrogen-bond acceptors (Lipinski definition) is 2. The quantitative estimate of drug-likeness (QED) is 0.278. The van der Waals surface area contributed by atoms with Gasteiger partial charge in [0.25, 0.3) is 0 Å². The molecule has 0 fully saturated rings. The largest absolute Gasteiger partial charge is 0.848 e. The lowest BCUT2D eigenvalue weighted by Gasteiger charge is -2.28. The predicted octanol–water partition coefficient (Wildman–Crippen LogP) is -1.31. The molecule has 0 aromatic rings. The van der Waals surface area contributed by atoms with Gasteiger partial charge in [0.2, 0.25) is 0 Å². The van der Waals surface area contributed by atoms with Gasteiger partial charge < -0.3 is 5.11 Å². The van der Waals surface area contributed by atoms with Crippen LogP contribution in [0.15, 0.2) is 0 Å². The van der Waals surface area contributed by atoms with Crippen LogP contribution in [0.1, 0.15) is 6.92 Å². The van der Waals surface area contributed by atoms with Gasteiger partial charge in [-0.15, -0.1) is 0 Å². The number of nitrogens with two attached hydrogens (primary N) is 1. The highest BCUT2D eigenvalue weighted by molar-refractivity contribution is 4.35. The van der Waals surface area contributed by atoms with Gasteiger partial charge in [-0.25, -0.2) is 0 Å². The molecule has 0 saturated carbocycles. The molecule has 0 bridgehead atoms. The molecule has 1 atom stereocenters. The van der Waals surface area contributed by atoms with E-state index < -0.39 is 6.10 Å². The SMILES string of the molecule is CC([O-])C[N+](C)(C)N. The van der Waals surface area contributed by atoms with E-state index in [0.29, 0.717) is 6.54 Å². The van der Waals surface area contributed by atoms with E-state index in [1.165, 1.54) is 0 Å². The molecule has 8 heavy (non-hydrogen) atoms. The predicted molar refractivity (Wildman–Crippen MR) is 30.6 cm³/mol. The molecule has 0 rings (SSSR count). The lowest BCUT2D eigenvalue weighted by atomic mass is 10.4. The van der Waals surface area contributed by atoms with Gasteiger partial charge in [-0.05, 0) is 0 Å². The van der Waals surface area contributed by atoms with E-state index in [-0.39, 0.29) is 4.59 Å². The summed E-state index contributed by atoms with van der Waals surface area (Å²) >= 11 is 0. The minimum Gasteiger partial charge on any atom is -0.848 e. The molecule has 2 N–H and O–H groups in total. The Balaban J connectivity index is 3.39. The fourth-order valence-electron chi connectivity index (χ4n) is 0.663. The topological polar surface area (TPSA) is 49.1 Å². The summed E-state index contributed by atoms with van der Waals surface area (Å²) in [4.78, 5) is 0. The first-order chi connectivity index (χ1) is 3.42. The van der Waals surface area contributed by atoms with Crippen LogP contribution in [0.3, 0.4) is 0 Å². The molecule has 0 aromatic heterocycles. The maximum Gasteiger partial charge on any atom is 0.0853 e. The first-order valence-corrected chi connectivity index (χ1v) is 2.69. The third-order valence-corrected chi connectivity index (χ3v) is 0.728. The van der Waals surface area contributed by atoms with E-state index in [0.717, 1.165) is 0 Å². The molecule has 1 unspecified atom stereocenters. The van der Waals surface area contributed by atoms with Gasteiger partial charge in [0.1, 0.15) is 0 Å². The number of nitrogens with zero attached hydrogens (tertiary/aromatic N) is 1. The molecule has 50 valence electrons. The first kappa shape index (κ1) is 7.88. The van der Waals surface area contributed by atoms with Crippen molar-refractivity contribution >= 4 is 0 Å². The maximum absolute atomic E-state index is 10.4. The summed E-state index contributed by atoms with van der Waals surface area (Å²) in [6, 6.07) is 0. The number of hydrogen-bond donors (Lipinski definition) is 1. The highest BCUT2D eigenvalue weighted by Crippen LogP contribution is 1.85. The van der Waals surface area contributed by atoms with Crippen molar-refractivity contribution in [1.82, 2.24) is 0 Å². The highest BCUT2D eigenvalue weighted by Gasteiger charge is 2.05. The van der Waals surface area contributed by atoms with E-state index in [9.17, 15) is 5.11 Å². The van der Waals surface area contributed by atoms with Gasteiger partial charge in [-0.1, -0.05) is 13.0 Å². The van der Waals surface area contributed by atoms with Crippen molar-refractivity contribution in [2.24, 2.45) is 5.84 Å². The fourth-order valence-corrected chi connectivity index (χ4v) is 0.663. The minimum atomic E-state index is -0.560. The van der Waals surface area contributed by atoms with E-state index in [4.69, 9.17) is 5.84 Å². The van der Waals surface area contributed by atoms with Gasteiger partial charge in [0.15, 0.2) is 0 Å². The Morgan fingerprint density at radius 3 is 2.00 bits per heavy atom. The molecule has 0 spiro atoms. The molecule has 3 heteroatoms. The van der Waals surface area contributed by atoms with Crippen LogP contribution >= 0.6 is 0 Å². The lowest BCUT2D eigenvalue weighted by Crippen LogP contribution is -2.53. The van der Waals surface area contributed by atoms with Crippen molar-refractivity contribution in [3.05, 3.63) is 0 Å². The molecule has 3 nitrogen and oxygen atoms in total. The third-order valence-electron chi connectivity index (χ3n) is 0.728. The second-order valence-corrected chi connectivity index (χ2v) is 2.77. The normalized spacial score (nSPS) is 16.1. The van der Waals surface area contributed by atoms with Gasteiger partial charge in [0.05, 0.1) is 20.6 Å². The van der Waals surface area contributed by atoms with Crippen LogP contribution in [-0.4, -0.2) is 31.3 Å². The van der Waals surface area contributed by atoms with Gasteiger partial charge in [0, 0.05) is 0 Å². The Morgan fingerprint density at radius 1 is 1.62 bits per heavy atom. The average Bonchev–Trinajstić information content (AvgIpc) is 1.21. The lowest BCUT2D eigenvalue weighted by molar-refractivity contribution is -0.910. The van der Waals surface area contributed by atoms with E-state index in [1.807, 2.05) is 0 Å². The molecule has 0 saturated heterocycles. The van der Waals surface area contributed by atoms with Crippen molar-refractivity contribution in [2.45, 2.75) is 13.0 Å². The van der Waals surface area contributed by atoms with Crippen LogP contribution in [0.2, 0.25) is 0 Å². The Morgan fingerprint density at radius 2 is 2.00 bits per heavy atom. The molecule has 0 aliphatic heterocycles. The van der Waals surface area contributed by atoms with E-state index in [2.05, 4.69) is 0 Å². The number of quaternary nitrogens is 1. The van der Waals surface area contributed by atoms with E-state index in [1.54, 1.807) is 21.0 Å². The zero-order valence-electron chi connectivity index (χ0n) is 5.72. The zero-order chi connectivity index (χ0) is 6.78. The van der Waals surface area contributed by atoms with Crippen LogP contribution in [-0.2, 0) is 0 Å². The Hall–Kier alpha value is -0.120. The van der Waals surface area contributed by atoms with Gasteiger partial charge >= 0.3 is 0 Å². The molecule has 0 aliphatic carbocycles.